The van der Waals surface area contributed by atoms with Crippen molar-refractivity contribution in [2.75, 3.05) is 43.4 Å². The molecule has 2 aliphatic rings. The standard InChI is InChI=1S/C30H40N6O3/c1-2-30(21-37,34-29-26-10-3-4-11-27(26)32-22-36(29)38)15-18-35(20-25-14-19-39-25)17-6-5-9-24-13-12-23-8-7-16-31-28(23)33-24/h3-4,10-13,21-22,25,38H,2,5-9,14-20H2,1H3,(H,31,33)/p+1. The van der Waals surface area contributed by atoms with E-state index in [9.17, 15) is 10.0 Å². The first-order valence-corrected chi connectivity index (χ1v) is 14.4. The quantitative estimate of drug-likeness (QED) is 0.125. The van der Waals surface area contributed by atoms with E-state index in [1.54, 1.807) is 0 Å². The number of hydrogen-bond acceptors (Lipinski definition) is 8. The largest absolute Gasteiger partial charge is 0.377 e. The number of fused-ring (bicyclic) bond motifs is 2. The van der Waals surface area contributed by atoms with E-state index < -0.39 is 5.54 Å². The second-order valence-corrected chi connectivity index (χ2v) is 10.8. The average molecular weight is 534 g/mol. The lowest BCUT2D eigenvalue weighted by Gasteiger charge is -2.34. The Balaban J connectivity index is 1.20. The summed E-state index contributed by atoms with van der Waals surface area (Å²) in [4.78, 5) is 24.1. The second-order valence-electron chi connectivity index (χ2n) is 10.8. The topological polar surface area (TPSA) is 103 Å². The first kappa shape index (κ1) is 27.3. The van der Waals surface area contributed by atoms with Crippen molar-refractivity contribution >= 4 is 28.8 Å². The number of carbonyl (C=O) groups is 1. The average Bonchev–Trinajstić information content (AvgIpc) is 2.95. The van der Waals surface area contributed by atoms with Crippen LogP contribution in [0, 0.1) is 0 Å². The van der Waals surface area contributed by atoms with E-state index in [0.717, 1.165) is 98.3 Å². The van der Waals surface area contributed by atoms with Gasteiger partial charge >= 0.3 is 0 Å². The summed E-state index contributed by atoms with van der Waals surface area (Å²) < 4.78 is 6.72. The van der Waals surface area contributed by atoms with Crippen molar-refractivity contribution in [1.82, 2.24) is 14.9 Å². The zero-order valence-electron chi connectivity index (χ0n) is 22.9. The predicted octanol–water partition coefficient (Wildman–Crippen LogP) is 3.78. The molecule has 0 radical (unpaired) electrons. The molecule has 2 atom stereocenters. The third-order valence-electron chi connectivity index (χ3n) is 8.16. The van der Waals surface area contributed by atoms with Gasteiger partial charge in [0, 0.05) is 38.4 Å². The smallest absolute Gasteiger partial charge is 0.271 e. The third-order valence-corrected chi connectivity index (χ3v) is 8.16. The van der Waals surface area contributed by atoms with Gasteiger partial charge in [0.05, 0.1) is 11.5 Å². The molecular formula is C30H41N6O3+. The van der Waals surface area contributed by atoms with Gasteiger partial charge in [0.1, 0.15) is 11.4 Å². The fourth-order valence-electron chi connectivity index (χ4n) is 5.46. The monoisotopic (exact) mass is 533 g/mol. The maximum Gasteiger partial charge on any atom is 0.271 e. The van der Waals surface area contributed by atoms with Crippen molar-refractivity contribution in [1.29, 1.82) is 0 Å². The number of ether oxygens (including phenoxy) is 1. The molecule has 1 aromatic carbocycles. The summed E-state index contributed by atoms with van der Waals surface area (Å²) in [6.07, 6.45) is 10.3. The van der Waals surface area contributed by atoms with E-state index in [1.807, 2.05) is 31.2 Å². The molecule has 1 saturated heterocycles. The first-order valence-electron chi connectivity index (χ1n) is 14.4. The molecule has 0 bridgehead atoms. The highest BCUT2D eigenvalue weighted by atomic mass is 16.5. The van der Waals surface area contributed by atoms with Crippen molar-refractivity contribution in [2.24, 2.45) is 0 Å². The van der Waals surface area contributed by atoms with E-state index in [0.29, 0.717) is 18.7 Å². The van der Waals surface area contributed by atoms with Crippen molar-refractivity contribution in [3.8, 4) is 0 Å². The predicted molar refractivity (Wildman–Crippen MR) is 151 cm³/mol. The van der Waals surface area contributed by atoms with Crippen LogP contribution >= 0.6 is 0 Å². The van der Waals surface area contributed by atoms with Gasteiger partial charge in [-0.15, -0.1) is 4.98 Å². The molecule has 2 unspecified atom stereocenters. The SMILES string of the molecule is CCC(C=O)(CCN(CCCCc1ccc2c(n1)NCCC2)CC1CCO1)Nc1c2ccccc2nc[n+]1O. The van der Waals surface area contributed by atoms with E-state index in [-0.39, 0.29) is 6.10 Å². The second kappa shape index (κ2) is 12.7. The molecule has 0 amide bonds. The Morgan fingerprint density at radius 1 is 1.26 bits per heavy atom. The maximum atomic E-state index is 12.5. The molecule has 3 N–H and O–H groups in total. The molecule has 9 nitrogen and oxygen atoms in total. The Morgan fingerprint density at radius 2 is 2.13 bits per heavy atom. The van der Waals surface area contributed by atoms with Crippen LogP contribution in [0.3, 0.4) is 0 Å². The Bertz CT molecular complexity index is 1270. The minimum atomic E-state index is -0.812. The lowest BCUT2D eigenvalue weighted by atomic mass is 9.92. The molecule has 2 aromatic heterocycles. The highest BCUT2D eigenvalue weighted by molar-refractivity contribution is 5.88. The molecule has 5 rings (SSSR count). The molecule has 208 valence electrons. The summed E-state index contributed by atoms with van der Waals surface area (Å²) in [5.41, 5.74) is 2.42. The van der Waals surface area contributed by atoms with E-state index in [2.05, 4.69) is 32.7 Å². The number of pyridine rings is 1. The Labute approximate surface area is 230 Å². The molecular weight excluding hydrogens is 492 g/mol. The van der Waals surface area contributed by atoms with Crippen molar-refractivity contribution in [2.45, 2.75) is 69.9 Å². The van der Waals surface area contributed by atoms with Crippen molar-refractivity contribution in [3.05, 3.63) is 54.0 Å². The van der Waals surface area contributed by atoms with E-state index >= 15 is 0 Å². The summed E-state index contributed by atoms with van der Waals surface area (Å²) in [5.74, 6) is 1.54. The van der Waals surface area contributed by atoms with Crippen LogP contribution in [0.5, 0.6) is 0 Å². The zero-order valence-corrected chi connectivity index (χ0v) is 22.9. The lowest BCUT2D eigenvalue weighted by Crippen LogP contribution is -2.48. The van der Waals surface area contributed by atoms with Gasteiger partial charge in [-0.2, -0.15) is 0 Å². The first-order chi connectivity index (χ1) is 19.1. The molecule has 0 aliphatic carbocycles. The molecule has 4 heterocycles. The fourth-order valence-corrected chi connectivity index (χ4v) is 5.46. The summed E-state index contributed by atoms with van der Waals surface area (Å²) >= 11 is 0. The summed E-state index contributed by atoms with van der Waals surface area (Å²) in [5, 5.41) is 18.1. The van der Waals surface area contributed by atoms with Crippen LogP contribution in [-0.2, 0) is 22.4 Å². The molecule has 2 aliphatic heterocycles. The molecule has 9 heteroatoms. The Kier molecular flexibility index (Phi) is 8.88. The van der Waals surface area contributed by atoms with Gasteiger partial charge in [0.15, 0.2) is 11.8 Å². The zero-order chi connectivity index (χ0) is 27.1. The normalized spacial score (nSPS) is 18.2. The minimum Gasteiger partial charge on any atom is -0.377 e. The lowest BCUT2D eigenvalue weighted by molar-refractivity contribution is -0.894. The number of aryl methyl sites for hydroxylation is 2. The molecule has 3 aromatic rings. The number of aldehydes is 1. The molecule has 0 spiro atoms. The van der Waals surface area contributed by atoms with Crippen LogP contribution in [0.4, 0.5) is 11.6 Å². The van der Waals surface area contributed by atoms with Gasteiger partial charge in [-0.05, 0) is 75.3 Å². The van der Waals surface area contributed by atoms with Crippen LogP contribution in [-0.4, -0.2) is 70.8 Å². The van der Waals surface area contributed by atoms with Crippen LogP contribution in [0.2, 0.25) is 0 Å². The number of carbonyl (C=O) groups excluding carboxylic acids is 1. The summed E-state index contributed by atoms with van der Waals surface area (Å²) in [6, 6.07) is 12.0. The highest BCUT2D eigenvalue weighted by Gasteiger charge is 2.34. The number of hydrogen-bond donors (Lipinski definition) is 3. The maximum absolute atomic E-state index is 12.5. The Morgan fingerprint density at radius 3 is 2.92 bits per heavy atom. The van der Waals surface area contributed by atoms with E-state index in [1.165, 1.54) is 18.3 Å². The van der Waals surface area contributed by atoms with Crippen molar-refractivity contribution in [3.63, 3.8) is 0 Å². The highest BCUT2D eigenvalue weighted by Crippen LogP contribution is 2.25. The van der Waals surface area contributed by atoms with Crippen LogP contribution < -0.4 is 15.4 Å². The molecule has 0 saturated carbocycles. The number of anilines is 2. The third kappa shape index (κ3) is 6.65. The van der Waals surface area contributed by atoms with Gasteiger partial charge in [-0.25, -0.2) is 4.98 Å². The van der Waals surface area contributed by atoms with Gasteiger partial charge in [-0.1, -0.05) is 29.9 Å². The fraction of sp³-hybridized carbons (Fsp3) is 0.533. The number of aromatic nitrogens is 3. The minimum absolute atomic E-state index is 0.266. The van der Waals surface area contributed by atoms with Crippen LogP contribution in [0.15, 0.2) is 42.7 Å². The summed E-state index contributed by atoms with van der Waals surface area (Å²) in [6.45, 7) is 6.42. The molecule has 39 heavy (non-hydrogen) atoms. The number of nitrogens with zero attached hydrogens (tertiary/aromatic N) is 4. The van der Waals surface area contributed by atoms with Crippen LogP contribution in [0.25, 0.3) is 10.9 Å². The van der Waals surface area contributed by atoms with Crippen molar-refractivity contribution < 1.29 is 19.5 Å². The number of para-hydroxylation sites is 1. The van der Waals surface area contributed by atoms with Gasteiger partial charge in [0.25, 0.3) is 12.1 Å². The molecule has 1 fully saturated rings. The Hall–Kier alpha value is -3.30. The van der Waals surface area contributed by atoms with Crippen LogP contribution in [0.1, 0.15) is 56.7 Å². The van der Waals surface area contributed by atoms with Gasteiger partial charge < -0.3 is 20.2 Å². The van der Waals surface area contributed by atoms with E-state index in [4.69, 9.17) is 9.72 Å². The van der Waals surface area contributed by atoms with Gasteiger partial charge in [0.2, 0.25) is 0 Å². The number of unbranched alkanes of at least 4 members (excludes halogenated alkanes) is 1. The van der Waals surface area contributed by atoms with Gasteiger partial charge in [-0.3, -0.25) is 10.1 Å². The number of benzene rings is 1. The number of rotatable bonds is 14. The summed E-state index contributed by atoms with van der Waals surface area (Å²) in [7, 11) is 0. The number of nitrogens with one attached hydrogen (secondary N) is 2.